The Balaban J connectivity index is 2.06. The number of hydrogen-bond acceptors (Lipinski definition) is 2. The Kier molecular flexibility index (Phi) is 2.83. The van der Waals surface area contributed by atoms with Crippen LogP contribution in [0.5, 0.6) is 5.75 Å². The minimum atomic E-state index is -0.373. The fourth-order valence-corrected chi connectivity index (χ4v) is 3.73. The van der Waals surface area contributed by atoms with Crippen LogP contribution in [-0.2, 0) is 19.3 Å². The highest BCUT2D eigenvalue weighted by atomic mass is 16.5. The molecule has 1 amide bonds. The van der Waals surface area contributed by atoms with E-state index in [1.807, 2.05) is 12.1 Å². The zero-order valence-corrected chi connectivity index (χ0v) is 12.5. The first kappa shape index (κ1) is 13.1. The number of nitrogens with two attached hydrogens (primary N) is 1. The quantitative estimate of drug-likeness (QED) is 0.944. The first-order valence-electron chi connectivity index (χ1n) is 7.52. The molecule has 22 heavy (non-hydrogen) atoms. The van der Waals surface area contributed by atoms with E-state index in [-0.39, 0.29) is 5.91 Å². The average molecular weight is 291 g/mol. The first-order valence-corrected chi connectivity index (χ1v) is 7.52. The third-order valence-corrected chi connectivity index (χ3v) is 4.66. The number of aryl methyl sites for hydroxylation is 1. The van der Waals surface area contributed by atoms with Gasteiger partial charge in [0.2, 0.25) is 5.91 Å². The van der Waals surface area contributed by atoms with E-state index in [0.717, 1.165) is 47.3 Å². The van der Waals surface area contributed by atoms with Gasteiger partial charge in [-0.15, -0.1) is 0 Å². The molecule has 2 N–H and O–H groups in total. The van der Waals surface area contributed by atoms with Crippen molar-refractivity contribution in [3.05, 3.63) is 58.2 Å². The standard InChI is InChI=1S/C19H17NO2/c1-22-18-12-8-9-15(18)17(16(10-12)19(20)21)14-7-3-5-11-4-2-6-13(11)14/h2-3,5-7,10H,4,8-9H2,1H3,(H2,20,21). The summed E-state index contributed by atoms with van der Waals surface area (Å²) < 4.78 is 5.58. The number of primary amides is 1. The van der Waals surface area contributed by atoms with Crippen molar-refractivity contribution in [2.45, 2.75) is 19.3 Å². The van der Waals surface area contributed by atoms with Crippen molar-refractivity contribution in [1.29, 1.82) is 0 Å². The van der Waals surface area contributed by atoms with Crippen LogP contribution in [0.25, 0.3) is 17.2 Å². The van der Waals surface area contributed by atoms with Crippen molar-refractivity contribution >= 4 is 12.0 Å². The maximum absolute atomic E-state index is 12.0. The van der Waals surface area contributed by atoms with Crippen LogP contribution in [-0.4, -0.2) is 13.0 Å². The van der Waals surface area contributed by atoms with Gasteiger partial charge < -0.3 is 10.5 Å². The lowest BCUT2D eigenvalue weighted by Crippen LogP contribution is -2.14. The smallest absolute Gasteiger partial charge is 0.249 e. The molecule has 3 heteroatoms. The van der Waals surface area contributed by atoms with E-state index >= 15 is 0 Å². The molecule has 0 heterocycles. The van der Waals surface area contributed by atoms with E-state index in [1.54, 1.807) is 7.11 Å². The lowest BCUT2D eigenvalue weighted by Gasteiger charge is -2.16. The lowest BCUT2D eigenvalue weighted by molar-refractivity contribution is 0.100. The van der Waals surface area contributed by atoms with Gasteiger partial charge in [0.05, 0.1) is 7.11 Å². The Bertz CT molecular complexity index is 834. The zero-order valence-electron chi connectivity index (χ0n) is 12.5. The second-order valence-corrected chi connectivity index (χ2v) is 5.82. The topological polar surface area (TPSA) is 52.3 Å². The Labute approximate surface area is 129 Å². The SMILES string of the molecule is COc1c2cc(C(N)=O)c(-c3cccc4c3C=CC4)c1CC2. The Morgan fingerprint density at radius 1 is 1.23 bits per heavy atom. The van der Waals surface area contributed by atoms with Crippen molar-refractivity contribution in [3.8, 4) is 16.9 Å². The number of carbonyl (C=O) groups excluding carboxylic acids is 1. The second-order valence-electron chi connectivity index (χ2n) is 5.82. The van der Waals surface area contributed by atoms with E-state index in [0.29, 0.717) is 5.56 Å². The molecule has 0 unspecified atom stereocenters. The molecule has 0 saturated heterocycles. The molecule has 110 valence electrons. The normalized spacial score (nSPS) is 14.2. The number of hydrogen-bond donors (Lipinski definition) is 1. The first-order chi connectivity index (χ1) is 10.7. The fraction of sp³-hybridized carbons (Fsp3) is 0.211. The average Bonchev–Trinajstić information content (AvgIpc) is 3.10. The number of fused-ring (bicyclic) bond motifs is 3. The lowest BCUT2D eigenvalue weighted by atomic mass is 9.89. The summed E-state index contributed by atoms with van der Waals surface area (Å²) in [6, 6.07) is 8.16. The summed E-state index contributed by atoms with van der Waals surface area (Å²) in [6.07, 6.45) is 7.04. The molecule has 0 aromatic heterocycles. The van der Waals surface area contributed by atoms with Crippen LogP contribution in [0, 0.1) is 0 Å². The molecule has 2 aromatic rings. The van der Waals surface area contributed by atoms with E-state index in [2.05, 4.69) is 24.3 Å². The summed E-state index contributed by atoms with van der Waals surface area (Å²) >= 11 is 0. The van der Waals surface area contributed by atoms with E-state index in [9.17, 15) is 4.79 Å². The van der Waals surface area contributed by atoms with Crippen LogP contribution in [0.1, 0.15) is 32.6 Å². The summed E-state index contributed by atoms with van der Waals surface area (Å²) in [5.74, 6) is 0.543. The molecule has 2 aromatic carbocycles. The highest BCUT2D eigenvalue weighted by Crippen LogP contribution is 2.44. The molecule has 0 aliphatic heterocycles. The third kappa shape index (κ3) is 1.72. The zero-order chi connectivity index (χ0) is 15.3. The molecule has 0 fully saturated rings. The highest BCUT2D eigenvalue weighted by molar-refractivity contribution is 6.03. The van der Waals surface area contributed by atoms with Gasteiger partial charge in [-0.05, 0) is 47.6 Å². The largest absolute Gasteiger partial charge is 0.496 e. The molecule has 3 nitrogen and oxygen atoms in total. The minimum Gasteiger partial charge on any atom is -0.496 e. The second kappa shape index (κ2) is 4.73. The van der Waals surface area contributed by atoms with Gasteiger partial charge in [0.25, 0.3) is 0 Å². The van der Waals surface area contributed by atoms with Crippen LogP contribution < -0.4 is 10.5 Å². The number of amides is 1. The number of benzene rings is 2. The van der Waals surface area contributed by atoms with Crippen LogP contribution in [0.3, 0.4) is 0 Å². The van der Waals surface area contributed by atoms with Gasteiger partial charge in [0, 0.05) is 16.7 Å². The van der Waals surface area contributed by atoms with Crippen LogP contribution in [0.2, 0.25) is 0 Å². The molecular weight excluding hydrogens is 274 g/mol. The Morgan fingerprint density at radius 2 is 2.09 bits per heavy atom. The third-order valence-electron chi connectivity index (χ3n) is 4.66. The van der Waals surface area contributed by atoms with Crippen molar-refractivity contribution in [2.24, 2.45) is 5.73 Å². The molecule has 0 saturated carbocycles. The molecule has 2 aliphatic rings. The van der Waals surface area contributed by atoms with Gasteiger partial charge in [-0.1, -0.05) is 30.4 Å². The van der Waals surface area contributed by atoms with Crippen molar-refractivity contribution < 1.29 is 9.53 Å². The van der Waals surface area contributed by atoms with Crippen LogP contribution in [0.15, 0.2) is 30.3 Å². The number of rotatable bonds is 3. The number of ether oxygens (including phenoxy) is 1. The van der Waals surface area contributed by atoms with Crippen LogP contribution >= 0.6 is 0 Å². The van der Waals surface area contributed by atoms with Crippen molar-refractivity contribution in [2.75, 3.05) is 7.11 Å². The monoisotopic (exact) mass is 291 g/mol. The van der Waals surface area contributed by atoms with E-state index in [1.165, 1.54) is 11.1 Å². The van der Waals surface area contributed by atoms with Crippen LogP contribution in [0.4, 0.5) is 0 Å². The number of methoxy groups -OCH3 is 1. The van der Waals surface area contributed by atoms with Gasteiger partial charge in [-0.25, -0.2) is 0 Å². The predicted octanol–water partition coefficient (Wildman–Crippen LogP) is 3.13. The fourth-order valence-electron chi connectivity index (χ4n) is 3.73. The van der Waals surface area contributed by atoms with Gasteiger partial charge in [-0.3, -0.25) is 4.79 Å². The number of carbonyl (C=O) groups is 1. The summed E-state index contributed by atoms with van der Waals surface area (Å²) in [4.78, 5) is 12.0. The predicted molar refractivity (Wildman–Crippen MR) is 87.1 cm³/mol. The molecule has 2 aliphatic carbocycles. The van der Waals surface area contributed by atoms with E-state index < -0.39 is 0 Å². The maximum atomic E-state index is 12.0. The summed E-state index contributed by atoms with van der Waals surface area (Å²) in [5.41, 5.74) is 13.0. The summed E-state index contributed by atoms with van der Waals surface area (Å²) in [5, 5.41) is 0. The molecular formula is C19H17NO2. The maximum Gasteiger partial charge on any atom is 0.249 e. The summed E-state index contributed by atoms with van der Waals surface area (Å²) in [6.45, 7) is 0. The highest BCUT2D eigenvalue weighted by Gasteiger charge is 2.28. The molecule has 0 atom stereocenters. The van der Waals surface area contributed by atoms with Gasteiger partial charge >= 0.3 is 0 Å². The number of allylic oxidation sites excluding steroid dienone is 1. The van der Waals surface area contributed by atoms with Crippen molar-refractivity contribution in [3.63, 3.8) is 0 Å². The van der Waals surface area contributed by atoms with E-state index in [4.69, 9.17) is 10.5 Å². The minimum absolute atomic E-state index is 0.373. The Hall–Kier alpha value is -2.55. The molecule has 0 radical (unpaired) electrons. The van der Waals surface area contributed by atoms with Gasteiger partial charge in [-0.2, -0.15) is 0 Å². The molecule has 0 spiro atoms. The molecule has 2 bridgehead atoms. The van der Waals surface area contributed by atoms with Gasteiger partial charge in [0.15, 0.2) is 0 Å². The Morgan fingerprint density at radius 3 is 2.86 bits per heavy atom. The van der Waals surface area contributed by atoms with Crippen molar-refractivity contribution in [1.82, 2.24) is 0 Å². The molecule has 4 rings (SSSR count). The summed E-state index contributed by atoms with van der Waals surface area (Å²) in [7, 11) is 1.69. The van der Waals surface area contributed by atoms with Gasteiger partial charge in [0.1, 0.15) is 5.75 Å².